The van der Waals surface area contributed by atoms with Crippen LogP contribution in [0.1, 0.15) is 62.6 Å². The zero-order chi connectivity index (χ0) is 26.7. The van der Waals surface area contributed by atoms with Gasteiger partial charge in [-0.3, -0.25) is 4.90 Å². The SMILES string of the molecule is CC(C)(C)OC(=O)N1CC(COC2CCCCO2)c2c1cc(OCc1ccccc1)c1ccc(C#N)cc21. The van der Waals surface area contributed by atoms with Crippen molar-refractivity contribution in [2.45, 2.75) is 64.4 Å². The van der Waals surface area contributed by atoms with Crippen LogP contribution < -0.4 is 9.64 Å². The van der Waals surface area contributed by atoms with Crippen LogP contribution in [0.25, 0.3) is 10.8 Å². The molecular formula is C31H34N2O5. The number of carbonyl (C=O) groups is 1. The minimum Gasteiger partial charge on any atom is -0.488 e. The van der Waals surface area contributed by atoms with Crippen molar-refractivity contribution in [3.63, 3.8) is 0 Å². The van der Waals surface area contributed by atoms with Gasteiger partial charge in [-0.25, -0.2) is 4.79 Å². The van der Waals surface area contributed by atoms with Gasteiger partial charge in [0.1, 0.15) is 18.0 Å². The molecule has 0 spiro atoms. The number of hydrogen-bond acceptors (Lipinski definition) is 6. The molecule has 5 rings (SSSR count). The van der Waals surface area contributed by atoms with Crippen molar-refractivity contribution in [1.29, 1.82) is 5.26 Å². The molecule has 2 aliphatic rings. The smallest absolute Gasteiger partial charge is 0.414 e. The van der Waals surface area contributed by atoms with Gasteiger partial charge in [0.05, 0.1) is 23.9 Å². The summed E-state index contributed by atoms with van der Waals surface area (Å²) in [7, 11) is 0. The number of nitrogens with zero attached hydrogens (tertiary/aromatic N) is 2. The van der Waals surface area contributed by atoms with Gasteiger partial charge in [-0.1, -0.05) is 30.3 Å². The molecule has 7 nitrogen and oxygen atoms in total. The molecular weight excluding hydrogens is 480 g/mol. The number of nitriles is 1. The summed E-state index contributed by atoms with van der Waals surface area (Å²) in [5, 5.41) is 11.4. The molecule has 3 aromatic carbocycles. The maximum absolute atomic E-state index is 13.4. The molecule has 2 aliphatic heterocycles. The summed E-state index contributed by atoms with van der Waals surface area (Å²) in [6.07, 6.45) is 2.33. The average Bonchev–Trinajstić information content (AvgIpc) is 3.29. The second-order valence-electron chi connectivity index (χ2n) is 10.9. The summed E-state index contributed by atoms with van der Waals surface area (Å²) in [5.41, 5.74) is 2.64. The Morgan fingerprint density at radius 2 is 1.92 bits per heavy atom. The molecule has 2 atom stereocenters. The number of fused-ring (bicyclic) bond motifs is 3. The van der Waals surface area contributed by atoms with Gasteiger partial charge in [0, 0.05) is 30.5 Å². The Balaban J connectivity index is 1.56. The molecule has 7 heteroatoms. The fourth-order valence-corrected chi connectivity index (χ4v) is 5.08. The molecule has 0 aromatic heterocycles. The van der Waals surface area contributed by atoms with Crippen molar-refractivity contribution < 1.29 is 23.7 Å². The first-order valence-electron chi connectivity index (χ1n) is 13.2. The Bertz CT molecular complexity index is 1340. The second kappa shape index (κ2) is 11.0. The van der Waals surface area contributed by atoms with Crippen LogP contribution >= 0.6 is 0 Å². The van der Waals surface area contributed by atoms with E-state index in [-0.39, 0.29) is 12.2 Å². The van der Waals surface area contributed by atoms with Crippen molar-refractivity contribution in [2.24, 2.45) is 0 Å². The number of anilines is 1. The summed E-state index contributed by atoms with van der Waals surface area (Å²) in [5.74, 6) is 0.542. The molecule has 0 aliphatic carbocycles. The molecule has 1 saturated heterocycles. The summed E-state index contributed by atoms with van der Waals surface area (Å²) >= 11 is 0. The third-order valence-electron chi connectivity index (χ3n) is 6.82. The molecule has 0 saturated carbocycles. The fraction of sp³-hybridized carbons (Fsp3) is 0.419. The first kappa shape index (κ1) is 26.0. The molecule has 1 fully saturated rings. The van der Waals surface area contributed by atoms with Crippen molar-refractivity contribution in [3.05, 3.63) is 71.3 Å². The maximum atomic E-state index is 13.4. The molecule has 2 unspecified atom stereocenters. The van der Waals surface area contributed by atoms with Crippen LogP contribution in [-0.4, -0.2) is 37.7 Å². The molecule has 0 radical (unpaired) electrons. The normalized spacial score (nSPS) is 19.2. The van der Waals surface area contributed by atoms with E-state index in [1.165, 1.54) is 0 Å². The first-order chi connectivity index (χ1) is 18.3. The lowest BCUT2D eigenvalue weighted by atomic mass is 9.93. The number of benzene rings is 3. The third-order valence-corrected chi connectivity index (χ3v) is 6.82. The number of amides is 1. The van der Waals surface area contributed by atoms with Gasteiger partial charge in [0.25, 0.3) is 0 Å². The van der Waals surface area contributed by atoms with E-state index in [9.17, 15) is 10.1 Å². The average molecular weight is 515 g/mol. The summed E-state index contributed by atoms with van der Waals surface area (Å²) in [4.78, 5) is 15.0. The first-order valence-corrected chi connectivity index (χ1v) is 13.2. The second-order valence-corrected chi connectivity index (χ2v) is 10.9. The lowest BCUT2D eigenvalue weighted by Crippen LogP contribution is -2.36. The van der Waals surface area contributed by atoms with Crippen molar-refractivity contribution >= 4 is 22.6 Å². The predicted molar refractivity (Wildman–Crippen MR) is 145 cm³/mol. The largest absolute Gasteiger partial charge is 0.488 e. The highest BCUT2D eigenvalue weighted by Crippen LogP contribution is 2.46. The molecule has 1 amide bonds. The third kappa shape index (κ3) is 5.77. The van der Waals surface area contributed by atoms with Crippen LogP contribution in [0, 0.1) is 11.3 Å². The van der Waals surface area contributed by atoms with E-state index in [4.69, 9.17) is 18.9 Å². The molecule has 0 N–H and O–H groups in total. The number of ether oxygens (including phenoxy) is 4. The van der Waals surface area contributed by atoms with E-state index in [2.05, 4.69) is 6.07 Å². The Kier molecular flexibility index (Phi) is 7.55. The van der Waals surface area contributed by atoms with E-state index in [1.807, 2.05) is 69.3 Å². The predicted octanol–water partition coefficient (Wildman–Crippen LogP) is 6.67. The van der Waals surface area contributed by atoms with Crippen LogP contribution in [0.2, 0.25) is 0 Å². The van der Waals surface area contributed by atoms with Gasteiger partial charge in [0.15, 0.2) is 6.29 Å². The van der Waals surface area contributed by atoms with E-state index < -0.39 is 11.7 Å². The topological polar surface area (TPSA) is 81.0 Å². The molecule has 2 heterocycles. The summed E-state index contributed by atoms with van der Waals surface area (Å²) < 4.78 is 24.1. The number of hydrogen-bond donors (Lipinski definition) is 0. The molecule has 3 aromatic rings. The number of carbonyl (C=O) groups excluding carboxylic acids is 1. The summed E-state index contributed by atoms with van der Waals surface area (Å²) in [6, 6.07) is 19.7. The highest BCUT2D eigenvalue weighted by atomic mass is 16.7. The van der Waals surface area contributed by atoms with E-state index in [0.717, 1.165) is 46.8 Å². The highest BCUT2D eigenvalue weighted by molar-refractivity contribution is 6.02. The van der Waals surface area contributed by atoms with Crippen molar-refractivity contribution in [1.82, 2.24) is 0 Å². The van der Waals surface area contributed by atoms with Gasteiger partial charge in [-0.2, -0.15) is 5.26 Å². The Hall–Kier alpha value is -3.60. The molecule has 0 bridgehead atoms. The van der Waals surface area contributed by atoms with Crippen LogP contribution in [0.15, 0.2) is 54.6 Å². The lowest BCUT2D eigenvalue weighted by molar-refractivity contribution is -0.164. The summed E-state index contributed by atoms with van der Waals surface area (Å²) in [6.45, 7) is 7.46. The van der Waals surface area contributed by atoms with Gasteiger partial charge < -0.3 is 18.9 Å². The van der Waals surface area contributed by atoms with E-state index in [0.29, 0.717) is 37.7 Å². The zero-order valence-corrected chi connectivity index (χ0v) is 22.2. The van der Waals surface area contributed by atoms with Crippen LogP contribution in [-0.2, 0) is 20.8 Å². The van der Waals surface area contributed by atoms with E-state index in [1.54, 1.807) is 11.0 Å². The molecule has 38 heavy (non-hydrogen) atoms. The van der Waals surface area contributed by atoms with Crippen LogP contribution in [0.3, 0.4) is 0 Å². The minimum absolute atomic E-state index is 0.109. The van der Waals surface area contributed by atoms with Gasteiger partial charge >= 0.3 is 6.09 Å². The van der Waals surface area contributed by atoms with Gasteiger partial charge in [-0.15, -0.1) is 0 Å². The number of rotatable bonds is 6. The Morgan fingerprint density at radius 1 is 1.11 bits per heavy atom. The van der Waals surface area contributed by atoms with Gasteiger partial charge in [0.2, 0.25) is 0 Å². The standard InChI is InChI=1S/C31H34N2O5/c1-31(2,3)38-30(34)33-18-23(20-37-28-11-7-8-14-35-28)29-25-15-22(17-32)12-13-24(25)27(16-26(29)33)36-19-21-9-5-4-6-10-21/h4-6,9-10,12-13,15-16,23,28H,7-8,11,14,18-20H2,1-3H3. The minimum atomic E-state index is -0.640. The van der Waals surface area contributed by atoms with Crippen molar-refractivity contribution in [2.75, 3.05) is 24.7 Å². The van der Waals surface area contributed by atoms with Crippen molar-refractivity contribution in [3.8, 4) is 11.8 Å². The Labute approximate surface area is 223 Å². The zero-order valence-electron chi connectivity index (χ0n) is 22.2. The fourth-order valence-electron chi connectivity index (χ4n) is 5.08. The lowest BCUT2D eigenvalue weighted by Gasteiger charge is -2.26. The Morgan fingerprint density at radius 3 is 2.63 bits per heavy atom. The van der Waals surface area contributed by atoms with Crippen LogP contribution in [0.4, 0.5) is 10.5 Å². The molecule has 198 valence electrons. The quantitative estimate of drug-likeness (QED) is 0.365. The highest BCUT2D eigenvalue weighted by Gasteiger charge is 2.38. The van der Waals surface area contributed by atoms with Gasteiger partial charge in [-0.05, 0) is 74.7 Å². The van der Waals surface area contributed by atoms with Crippen LogP contribution in [0.5, 0.6) is 5.75 Å². The van der Waals surface area contributed by atoms with E-state index >= 15 is 0 Å². The monoisotopic (exact) mass is 514 g/mol. The maximum Gasteiger partial charge on any atom is 0.414 e.